The second-order valence-corrected chi connectivity index (χ2v) is 6.55. The van der Waals surface area contributed by atoms with Gasteiger partial charge in [-0.05, 0) is 54.9 Å². The molecule has 5 nitrogen and oxygen atoms in total. The van der Waals surface area contributed by atoms with E-state index in [0.717, 1.165) is 18.7 Å². The first kappa shape index (κ1) is 18.1. The number of carbonyl (C=O) groups is 2. The molecule has 0 unspecified atom stereocenters. The Labute approximate surface area is 158 Å². The summed E-state index contributed by atoms with van der Waals surface area (Å²) in [5.74, 6) is -0.278. The summed E-state index contributed by atoms with van der Waals surface area (Å²) in [5, 5.41) is 6.83. The van der Waals surface area contributed by atoms with Crippen LogP contribution in [0.25, 0.3) is 0 Å². The molecule has 0 aromatic heterocycles. The van der Waals surface area contributed by atoms with Crippen molar-refractivity contribution in [2.24, 2.45) is 0 Å². The lowest BCUT2D eigenvalue weighted by Gasteiger charge is -2.25. The lowest BCUT2D eigenvalue weighted by atomic mass is 10.1. The smallest absolute Gasteiger partial charge is 0.233 e. The summed E-state index contributed by atoms with van der Waals surface area (Å²) in [7, 11) is 0. The molecule has 6 heteroatoms. The van der Waals surface area contributed by atoms with Gasteiger partial charge >= 0.3 is 0 Å². The first-order valence-corrected chi connectivity index (χ1v) is 9.09. The summed E-state index contributed by atoms with van der Waals surface area (Å²) in [5.41, 5.74) is 2.67. The van der Waals surface area contributed by atoms with Crippen molar-refractivity contribution in [3.8, 4) is 0 Å². The highest BCUT2D eigenvalue weighted by Crippen LogP contribution is 2.23. The molecule has 2 N–H and O–H groups in total. The van der Waals surface area contributed by atoms with Gasteiger partial charge in [-0.2, -0.15) is 0 Å². The maximum Gasteiger partial charge on any atom is 0.233 e. The fourth-order valence-corrected chi connectivity index (χ4v) is 3.10. The van der Waals surface area contributed by atoms with Crippen LogP contribution in [0.2, 0.25) is 0 Å². The van der Waals surface area contributed by atoms with Gasteiger partial charge in [-0.15, -0.1) is 0 Å². The maximum atomic E-state index is 12.0. The number of nitrogens with one attached hydrogen (secondary N) is 2. The number of hydrogen-bond donors (Lipinski definition) is 2. The van der Waals surface area contributed by atoms with Crippen molar-refractivity contribution in [1.82, 2.24) is 5.32 Å². The zero-order chi connectivity index (χ0) is 18.4. The van der Waals surface area contributed by atoms with E-state index in [1.54, 1.807) is 12.1 Å². The Morgan fingerprint density at radius 2 is 1.62 bits per heavy atom. The molecule has 134 valence electrons. The SMILES string of the molecule is O=C1CCCC(=O)N1c1ccc(NC(=S)NCCc2ccccc2)cc1. The van der Waals surface area contributed by atoms with Crippen molar-refractivity contribution in [3.63, 3.8) is 0 Å². The summed E-state index contributed by atoms with van der Waals surface area (Å²) < 4.78 is 0. The Balaban J connectivity index is 1.51. The van der Waals surface area contributed by atoms with Gasteiger partial charge in [0.2, 0.25) is 11.8 Å². The second kappa shape index (κ2) is 8.58. The van der Waals surface area contributed by atoms with Crippen LogP contribution in [0.15, 0.2) is 54.6 Å². The highest BCUT2D eigenvalue weighted by atomic mass is 32.1. The van der Waals surface area contributed by atoms with E-state index in [4.69, 9.17) is 12.2 Å². The monoisotopic (exact) mass is 367 g/mol. The highest BCUT2D eigenvalue weighted by molar-refractivity contribution is 7.80. The number of benzene rings is 2. The van der Waals surface area contributed by atoms with Crippen LogP contribution in [-0.4, -0.2) is 23.5 Å². The molecule has 1 saturated heterocycles. The van der Waals surface area contributed by atoms with Crippen molar-refractivity contribution in [3.05, 3.63) is 60.2 Å². The van der Waals surface area contributed by atoms with Gasteiger partial charge in [0.15, 0.2) is 5.11 Å². The Bertz CT molecular complexity index is 774. The third kappa shape index (κ3) is 4.67. The number of thiocarbonyl (C=S) groups is 1. The van der Waals surface area contributed by atoms with Crippen LogP contribution in [0.4, 0.5) is 11.4 Å². The molecule has 1 aliphatic heterocycles. The van der Waals surface area contributed by atoms with Crippen LogP contribution < -0.4 is 15.5 Å². The third-order valence-corrected chi connectivity index (χ3v) is 4.45. The fourth-order valence-electron chi connectivity index (χ4n) is 2.88. The number of amides is 2. The van der Waals surface area contributed by atoms with Gasteiger partial charge in [0.05, 0.1) is 5.69 Å². The molecule has 1 aliphatic rings. The third-order valence-electron chi connectivity index (χ3n) is 4.21. The Morgan fingerprint density at radius 3 is 2.27 bits per heavy atom. The molecular weight excluding hydrogens is 346 g/mol. The minimum atomic E-state index is -0.139. The number of hydrogen-bond acceptors (Lipinski definition) is 3. The lowest BCUT2D eigenvalue weighted by Crippen LogP contribution is -2.40. The van der Waals surface area contributed by atoms with Gasteiger partial charge in [0.25, 0.3) is 0 Å². The number of carbonyl (C=O) groups excluding carboxylic acids is 2. The van der Waals surface area contributed by atoms with Gasteiger partial charge in [0, 0.05) is 25.1 Å². The fraction of sp³-hybridized carbons (Fsp3) is 0.250. The number of anilines is 2. The number of rotatable bonds is 5. The Hall–Kier alpha value is -2.73. The Morgan fingerprint density at radius 1 is 0.962 bits per heavy atom. The average Bonchev–Trinajstić information content (AvgIpc) is 2.64. The molecule has 0 aliphatic carbocycles. The number of piperidine rings is 1. The zero-order valence-corrected chi connectivity index (χ0v) is 15.2. The highest BCUT2D eigenvalue weighted by Gasteiger charge is 2.27. The maximum absolute atomic E-state index is 12.0. The molecule has 0 bridgehead atoms. The first-order chi connectivity index (χ1) is 12.6. The molecule has 1 fully saturated rings. The molecule has 2 aromatic rings. The first-order valence-electron chi connectivity index (χ1n) is 8.68. The number of nitrogens with zero attached hydrogens (tertiary/aromatic N) is 1. The van der Waals surface area contributed by atoms with E-state index in [0.29, 0.717) is 30.1 Å². The lowest BCUT2D eigenvalue weighted by molar-refractivity contribution is -0.129. The van der Waals surface area contributed by atoms with Crippen LogP contribution in [-0.2, 0) is 16.0 Å². The van der Waals surface area contributed by atoms with Crippen LogP contribution in [0, 0.1) is 0 Å². The molecule has 1 heterocycles. The molecule has 26 heavy (non-hydrogen) atoms. The summed E-state index contributed by atoms with van der Waals surface area (Å²) in [4.78, 5) is 25.2. The van der Waals surface area contributed by atoms with Crippen LogP contribution in [0.1, 0.15) is 24.8 Å². The minimum absolute atomic E-state index is 0.139. The Kier molecular flexibility index (Phi) is 5.96. The largest absolute Gasteiger partial charge is 0.362 e. The van der Waals surface area contributed by atoms with Crippen molar-refractivity contribution >= 4 is 40.5 Å². The van der Waals surface area contributed by atoms with Gasteiger partial charge in [-0.25, -0.2) is 0 Å². The summed E-state index contributed by atoms with van der Waals surface area (Å²) in [6.45, 7) is 0.741. The summed E-state index contributed by atoms with van der Waals surface area (Å²) in [6, 6.07) is 17.4. The summed E-state index contributed by atoms with van der Waals surface area (Å²) >= 11 is 5.31. The van der Waals surface area contributed by atoms with Crippen molar-refractivity contribution in [2.45, 2.75) is 25.7 Å². The molecule has 0 spiro atoms. The average molecular weight is 367 g/mol. The predicted octanol–water partition coefficient (Wildman–Crippen LogP) is 3.26. The topological polar surface area (TPSA) is 61.4 Å². The van der Waals surface area contributed by atoms with E-state index in [-0.39, 0.29) is 11.8 Å². The van der Waals surface area contributed by atoms with Gasteiger partial charge in [-0.1, -0.05) is 30.3 Å². The van der Waals surface area contributed by atoms with E-state index in [1.807, 2.05) is 30.3 Å². The van der Waals surface area contributed by atoms with Gasteiger partial charge < -0.3 is 10.6 Å². The van der Waals surface area contributed by atoms with E-state index in [2.05, 4.69) is 22.8 Å². The summed E-state index contributed by atoms with van der Waals surface area (Å²) in [6.07, 6.45) is 2.36. The molecule has 0 radical (unpaired) electrons. The van der Waals surface area contributed by atoms with Crippen LogP contribution in [0.5, 0.6) is 0 Å². The molecule has 2 amide bonds. The molecule has 0 saturated carbocycles. The van der Waals surface area contributed by atoms with E-state index >= 15 is 0 Å². The predicted molar refractivity (Wildman–Crippen MR) is 107 cm³/mol. The van der Waals surface area contributed by atoms with E-state index < -0.39 is 0 Å². The quantitative estimate of drug-likeness (QED) is 0.627. The van der Waals surface area contributed by atoms with Gasteiger partial charge in [0.1, 0.15) is 0 Å². The molecule has 3 rings (SSSR count). The van der Waals surface area contributed by atoms with Crippen molar-refractivity contribution in [2.75, 3.05) is 16.8 Å². The standard InChI is InChI=1S/C20H21N3O2S/c24-18-7-4-8-19(25)23(18)17-11-9-16(10-12-17)22-20(26)21-14-13-15-5-2-1-3-6-15/h1-3,5-6,9-12H,4,7-8,13-14H2,(H2,21,22,26). The number of imide groups is 1. The normalized spacial score (nSPS) is 14.2. The second-order valence-electron chi connectivity index (χ2n) is 6.14. The molecule has 0 atom stereocenters. The molecular formula is C20H21N3O2S. The minimum Gasteiger partial charge on any atom is -0.362 e. The van der Waals surface area contributed by atoms with Crippen molar-refractivity contribution in [1.29, 1.82) is 0 Å². The van der Waals surface area contributed by atoms with E-state index in [1.165, 1.54) is 10.5 Å². The zero-order valence-electron chi connectivity index (χ0n) is 14.4. The van der Waals surface area contributed by atoms with Crippen LogP contribution >= 0.6 is 12.2 Å². The molecule has 2 aromatic carbocycles. The van der Waals surface area contributed by atoms with Crippen LogP contribution in [0.3, 0.4) is 0 Å². The van der Waals surface area contributed by atoms with Crippen molar-refractivity contribution < 1.29 is 9.59 Å². The van der Waals surface area contributed by atoms with Gasteiger partial charge in [-0.3, -0.25) is 14.5 Å². The van der Waals surface area contributed by atoms with E-state index in [9.17, 15) is 9.59 Å².